The maximum Gasteiger partial charge on any atom is 0.325 e. The van der Waals surface area contributed by atoms with E-state index in [1.807, 2.05) is 6.92 Å². The minimum Gasteiger partial charge on any atom is -0.496 e. The van der Waals surface area contributed by atoms with Crippen LogP contribution >= 0.6 is 0 Å². The Balaban J connectivity index is 1.82. The quantitative estimate of drug-likeness (QED) is 0.379. The number of nitrogens with one attached hydrogen (secondary N) is 2. The van der Waals surface area contributed by atoms with Gasteiger partial charge in [0.05, 0.1) is 18.1 Å². The number of nitrogens with zero attached hydrogens (tertiary/aromatic N) is 2. The van der Waals surface area contributed by atoms with Crippen molar-refractivity contribution >= 4 is 29.2 Å². The monoisotopic (exact) mass is 426 g/mol. The highest BCUT2D eigenvalue weighted by atomic mass is 16.6. The van der Waals surface area contributed by atoms with E-state index in [9.17, 15) is 24.5 Å². The van der Waals surface area contributed by atoms with E-state index in [4.69, 9.17) is 4.74 Å². The molecule has 1 fully saturated rings. The molecule has 2 aromatic rings. The van der Waals surface area contributed by atoms with Crippen LogP contribution in [-0.4, -0.2) is 41.3 Å². The van der Waals surface area contributed by atoms with Crippen molar-refractivity contribution in [1.82, 2.24) is 10.2 Å². The van der Waals surface area contributed by atoms with Gasteiger partial charge in [0, 0.05) is 0 Å². The Bertz CT molecular complexity index is 1030. The van der Waals surface area contributed by atoms with Crippen LogP contribution in [0.1, 0.15) is 25.3 Å². The zero-order valence-electron chi connectivity index (χ0n) is 17.1. The molecule has 1 unspecified atom stereocenters. The zero-order chi connectivity index (χ0) is 22.6. The van der Waals surface area contributed by atoms with Crippen LogP contribution in [-0.2, 0) is 15.1 Å². The van der Waals surface area contributed by atoms with Gasteiger partial charge in [-0.2, -0.15) is 0 Å². The highest BCUT2D eigenvalue weighted by Crippen LogP contribution is 2.34. The van der Waals surface area contributed by atoms with E-state index in [2.05, 4.69) is 10.6 Å². The summed E-state index contributed by atoms with van der Waals surface area (Å²) >= 11 is 0. The van der Waals surface area contributed by atoms with Crippen molar-refractivity contribution in [3.63, 3.8) is 0 Å². The van der Waals surface area contributed by atoms with Crippen molar-refractivity contribution < 1.29 is 24.0 Å². The number of amides is 4. The summed E-state index contributed by atoms with van der Waals surface area (Å²) in [4.78, 5) is 49.8. The molecule has 31 heavy (non-hydrogen) atoms. The molecule has 0 spiro atoms. The molecular formula is C21H22N4O6. The van der Waals surface area contributed by atoms with Crippen molar-refractivity contribution in [2.24, 2.45) is 0 Å². The molecule has 4 amide bonds. The highest BCUT2D eigenvalue weighted by molar-refractivity contribution is 6.10. The summed E-state index contributed by atoms with van der Waals surface area (Å²) in [5.41, 5.74) is -1.05. The molecule has 2 aromatic carbocycles. The lowest BCUT2D eigenvalue weighted by molar-refractivity contribution is -0.384. The molecule has 1 aliphatic rings. The second-order valence-electron chi connectivity index (χ2n) is 7.03. The molecule has 10 heteroatoms. The predicted octanol–water partition coefficient (Wildman–Crippen LogP) is 2.79. The summed E-state index contributed by atoms with van der Waals surface area (Å²) in [5, 5.41) is 16.4. The standard InChI is InChI=1S/C21H22N4O6/c1-3-11-21(14-7-5-4-6-8-14)19(27)24(20(28)23-21)13-18(26)22-16-10-9-15(31-2)12-17(16)25(29)30/h4-10,12H,3,11,13H2,1-2H3,(H,22,26)(H,23,28). The van der Waals surface area contributed by atoms with Gasteiger partial charge in [0.1, 0.15) is 23.5 Å². The van der Waals surface area contributed by atoms with E-state index >= 15 is 0 Å². The van der Waals surface area contributed by atoms with Crippen molar-refractivity contribution in [2.45, 2.75) is 25.3 Å². The summed E-state index contributed by atoms with van der Waals surface area (Å²) in [6.07, 6.45) is 0.989. The van der Waals surface area contributed by atoms with Gasteiger partial charge >= 0.3 is 6.03 Å². The third-order valence-electron chi connectivity index (χ3n) is 5.04. The second-order valence-corrected chi connectivity index (χ2v) is 7.03. The number of urea groups is 1. The molecule has 1 aliphatic heterocycles. The fourth-order valence-electron chi connectivity index (χ4n) is 3.61. The van der Waals surface area contributed by atoms with Crippen LogP contribution in [0.2, 0.25) is 0 Å². The van der Waals surface area contributed by atoms with Gasteiger partial charge in [-0.1, -0.05) is 43.7 Å². The van der Waals surface area contributed by atoms with E-state index in [0.29, 0.717) is 18.4 Å². The van der Waals surface area contributed by atoms with Gasteiger partial charge in [-0.3, -0.25) is 24.6 Å². The number of rotatable bonds is 8. The molecule has 0 bridgehead atoms. The van der Waals surface area contributed by atoms with Crippen LogP contribution in [0.25, 0.3) is 0 Å². The van der Waals surface area contributed by atoms with Gasteiger partial charge in [-0.25, -0.2) is 4.79 Å². The molecule has 3 rings (SSSR count). The maximum absolute atomic E-state index is 13.2. The number of hydrogen-bond donors (Lipinski definition) is 2. The molecular weight excluding hydrogens is 404 g/mol. The van der Waals surface area contributed by atoms with Gasteiger partial charge in [0.25, 0.3) is 11.6 Å². The molecule has 0 aliphatic carbocycles. The Hall–Kier alpha value is -3.95. The summed E-state index contributed by atoms with van der Waals surface area (Å²) < 4.78 is 4.97. The van der Waals surface area contributed by atoms with E-state index in [1.165, 1.54) is 25.3 Å². The number of nitro benzene ring substituents is 1. The molecule has 2 N–H and O–H groups in total. The van der Waals surface area contributed by atoms with Gasteiger partial charge in [0.15, 0.2) is 0 Å². The number of imide groups is 1. The van der Waals surface area contributed by atoms with Gasteiger partial charge in [-0.05, 0) is 24.1 Å². The lowest BCUT2D eigenvalue weighted by Crippen LogP contribution is -2.44. The first-order valence-electron chi connectivity index (χ1n) is 9.64. The number of carbonyl (C=O) groups is 3. The summed E-state index contributed by atoms with van der Waals surface area (Å²) in [6, 6.07) is 12.1. The van der Waals surface area contributed by atoms with Crippen molar-refractivity contribution in [1.29, 1.82) is 0 Å². The number of carbonyl (C=O) groups excluding carboxylic acids is 3. The molecule has 162 valence electrons. The fraction of sp³-hybridized carbons (Fsp3) is 0.286. The average Bonchev–Trinajstić information content (AvgIpc) is 2.99. The van der Waals surface area contributed by atoms with E-state index in [-0.39, 0.29) is 17.1 Å². The Morgan fingerprint density at radius 1 is 1.23 bits per heavy atom. The minimum atomic E-state index is -1.25. The van der Waals surface area contributed by atoms with Gasteiger partial charge in [-0.15, -0.1) is 0 Å². The maximum atomic E-state index is 13.2. The normalized spacial score (nSPS) is 17.9. The Morgan fingerprint density at radius 3 is 2.55 bits per heavy atom. The SMILES string of the molecule is CCCC1(c2ccccc2)NC(=O)N(CC(=O)Nc2ccc(OC)cc2[N+](=O)[O-])C1=O. The first-order valence-corrected chi connectivity index (χ1v) is 9.64. The van der Waals surface area contributed by atoms with Crippen molar-refractivity contribution in [3.05, 3.63) is 64.2 Å². The molecule has 0 radical (unpaired) electrons. The molecule has 1 atom stereocenters. The second kappa shape index (κ2) is 8.82. The van der Waals surface area contributed by atoms with Crippen LogP contribution < -0.4 is 15.4 Å². The largest absolute Gasteiger partial charge is 0.496 e. The Morgan fingerprint density at radius 2 is 1.94 bits per heavy atom. The first kappa shape index (κ1) is 21.8. The predicted molar refractivity (Wildman–Crippen MR) is 112 cm³/mol. The lowest BCUT2D eigenvalue weighted by Gasteiger charge is -2.26. The topological polar surface area (TPSA) is 131 Å². The van der Waals surface area contributed by atoms with Crippen molar-refractivity contribution in [2.75, 3.05) is 19.0 Å². The molecule has 10 nitrogen and oxygen atoms in total. The Labute approximate surface area is 178 Å². The number of nitro groups is 1. The number of methoxy groups -OCH3 is 1. The van der Waals surface area contributed by atoms with Crippen LogP contribution in [0.5, 0.6) is 5.75 Å². The molecule has 0 aromatic heterocycles. The number of benzene rings is 2. The Kier molecular flexibility index (Phi) is 6.19. The van der Waals surface area contributed by atoms with Crippen LogP contribution in [0, 0.1) is 10.1 Å². The summed E-state index contributed by atoms with van der Waals surface area (Å²) in [7, 11) is 1.37. The fourth-order valence-corrected chi connectivity index (χ4v) is 3.61. The van der Waals surface area contributed by atoms with Crippen LogP contribution in [0.3, 0.4) is 0 Å². The smallest absolute Gasteiger partial charge is 0.325 e. The van der Waals surface area contributed by atoms with Crippen molar-refractivity contribution in [3.8, 4) is 5.75 Å². The minimum absolute atomic E-state index is 0.0641. The van der Waals surface area contributed by atoms with Crippen LogP contribution in [0.4, 0.5) is 16.2 Å². The first-order chi connectivity index (χ1) is 14.8. The molecule has 0 saturated carbocycles. The zero-order valence-corrected chi connectivity index (χ0v) is 17.1. The number of ether oxygens (including phenoxy) is 1. The van der Waals surface area contributed by atoms with E-state index in [1.54, 1.807) is 30.3 Å². The molecule has 1 heterocycles. The van der Waals surface area contributed by atoms with E-state index in [0.717, 1.165) is 4.90 Å². The van der Waals surface area contributed by atoms with Gasteiger partial charge in [0.2, 0.25) is 5.91 Å². The number of anilines is 1. The third kappa shape index (κ3) is 4.18. The number of hydrogen-bond acceptors (Lipinski definition) is 6. The highest BCUT2D eigenvalue weighted by Gasteiger charge is 2.52. The third-order valence-corrected chi connectivity index (χ3v) is 5.04. The average molecular weight is 426 g/mol. The summed E-state index contributed by atoms with van der Waals surface area (Å²) in [5.74, 6) is -1.02. The van der Waals surface area contributed by atoms with E-state index < -0.39 is 34.9 Å². The molecule has 1 saturated heterocycles. The lowest BCUT2D eigenvalue weighted by atomic mass is 9.85. The van der Waals surface area contributed by atoms with Crippen LogP contribution in [0.15, 0.2) is 48.5 Å². The van der Waals surface area contributed by atoms with Gasteiger partial charge < -0.3 is 15.4 Å². The summed E-state index contributed by atoms with van der Waals surface area (Å²) in [6.45, 7) is 1.31.